The van der Waals surface area contributed by atoms with Crippen molar-refractivity contribution in [3.63, 3.8) is 0 Å². The van der Waals surface area contributed by atoms with Crippen molar-refractivity contribution < 1.29 is 19.0 Å². The van der Waals surface area contributed by atoms with Crippen LogP contribution in [0.25, 0.3) is 22.8 Å². The molecule has 6 rings (SSSR count). The summed E-state index contributed by atoms with van der Waals surface area (Å²) >= 11 is 0. The maximum atomic E-state index is 14.5. The second-order valence-corrected chi connectivity index (χ2v) is 10.4. The number of aliphatic hydroxyl groups is 2. The number of pyridine rings is 1. The molecule has 1 saturated carbocycles. The predicted molar refractivity (Wildman–Crippen MR) is 130 cm³/mol. The van der Waals surface area contributed by atoms with Crippen molar-refractivity contribution >= 4 is 0 Å². The van der Waals surface area contributed by atoms with E-state index >= 15 is 0 Å². The van der Waals surface area contributed by atoms with Crippen LogP contribution >= 0.6 is 0 Å². The zero-order valence-electron chi connectivity index (χ0n) is 20.4. The monoisotopic (exact) mass is 504 g/mol. The highest BCUT2D eigenvalue weighted by atomic mass is 19.1. The van der Waals surface area contributed by atoms with Crippen LogP contribution in [-0.4, -0.2) is 52.9 Å². The average molecular weight is 505 g/mol. The second kappa shape index (κ2) is 8.46. The van der Waals surface area contributed by atoms with Gasteiger partial charge in [-0.15, -0.1) is 10.2 Å². The van der Waals surface area contributed by atoms with Crippen LogP contribution < -0.4 is 0 Å². The Morgan fingerprint density at radius 3 is 2.59 bits per heavy atom. The van der Waals surface area contributed by atoms with E-state index in [2.05, 4.69) is 34.1 Å². The van der Waals surface area contributed by atoms with Crippen molar-refractivity contribution in [3.05, 3.63) is 77.4 Å². The van der Waals surface area contributed by atoms with Crippen molar-refractivity contribution in [3.8, 4) is 22.8 Å². The molecular formula is C27H26F2N6O2. The fourth-order valence-electron chi connectivity index (χ4n) is 6.33. The molecule has 2 aliphatic rings. The lowest BCUT2D eigenvalue weighted by atomic mass is 9.66. The van der Waals surface area contributed by atoms with Gasteiger partial charge in [-0.05, 0) is 60.1 Å². The molecule has 1 fully saturated rings. The zero-order valence-corrected chi connectivity index (χ0v) is 20.4. The van der Waals surface area contributed by atoms with Crippen LogP contribution in [0.1, 0.15) is 49.6 Å². The Hall–Kier alpha value is -3.63. The molecule has 8 nitrogen and oxygen atoms in total. The van der Waals surface area contributed by atoms with Crippen LogP contribution in [0.3, 0.4) is 0 Å². The highest BCUT2D eigenvalue weighted by molar-refractivity contribution is 5.64. The quantitative estimate of drug-likeness (QED) is 0.413. The summed E-state index contributed by atoms with van der Waals surface area (Å²) in [5, 5.41) is 32.1. The van der Waals surface area contributed by atoms with E-state index in [0.29, 0.717) is 11.5 Å². The van der Waals surface area contributed by atoms with Crippen molar-refractivity contribution in [2.75, 3.05) is 6.61 Å². The molecule has 0 saturated heterocycles. The molecule has 0 radical (unpaired) electrons. The fraction of sp³-hybridized carbons (Fsp3) is 0.370. The van der Waals surface area contributed by atoms with E-state index in [-0.39, 0.29) is 35.7 Å². The molecule has 0 amide bonds. The van der Waals surface area contributed by atoms with E-state index in [1.165, 1.54) is 29.2 Å². The topological polar surface area (TPSA) is 110 Å². The van der Waals surface area contributed by atoms with Gasteiger partial charge in [0.15, 0.2) is 5.82 Å². The Labute approximate surface area is 212 Å². The lowest BCUT2D eigenvalue weighted by molar-refractivity contribution is 0.0782. The molecule has 1 aromatic carbocycles. The lowest BCUT2D eigenvalue weighted by Gasteiger charge is -2.37. The third-order valence-electron chi connectivity index (χ3n) is 8.16. The Morgan fingerprint density at radius 1 is 1.08 bits per heavy atom. The Kier molecular flexibility index (Phi) is 5.43. The van der Waals surface area contributed by atoms with Gasteiger partial charge in [0.05, 0.1) is 47.3 Å². The highest BCUT2D eigenvalue weighted by Crippen LogP contribution is 2.69. The van der Waals surface area contributed by atoms with E-state index in [0.717, 1.165) is 29.8 Å². The fourth-order valence-corrected chi connectivity index (χ4v) is 6.33. The number of benzene rings is 1. The van der Waals surface area contributed by atoms with Crippen molar-refractivity contribution in [2.24, 2.45) is 5.41 Å². The van der Waals surface area contributed by atoms with Gasteiger partial charge in [0.25, 0.3) is 0 Å². The van der Waals surface area contributed by atoms with Crippen molar-refractivity contribution in [1.29, 1.82) is 0 Å². The molecule has 37 heavy (non-hydrogen) atoms. The molecule has 2 N–H and O–H groups in total. The number of fused-ring (bicyclic) bond motifs is 5. The molecular weight excluding hydrogens is 478 g/mol. The first-order valence-corrected chi connectivity index (χ1v) is 12.2. The first kappa shape index (κ1) is 23.7. The molecule has 0 spiro atoms. The van der Waals surface area contributed by atoms with Gasteiger partial charge in [-0.2, -0.15) is 5.10 Å². The van der Waals surface area contributed by atoms with Crippen LogP contribution in [0.15, 0.2) is 48.8 Å². The van der Waals surface area contributed by atoms with E-state index in [1.54, 1.807) is 6.07 Å². The first-order chi connectivity index (χ1) is 17.8. The number of aromatic nitrogens is 6. The molecule has 0 aliphatic heterocycles. The minimum atomic E-state index is -0.930. The van der Waals surface area contributed by atoms with E-state index in [9.17, 15) is 13.9 Å². The molecule has 0 unspecified atom stereocenters. The molecule has 3 heterocycles. The largest absolute Gasteiger partial charge is 0.394 e. The normalized spacial score (nSPS) is 22.3. The smallest absolute Gasteiger partial charge is 0.199 e. The number of rotatable bonds is 6. The van der Waals surface area contributed by atoms with Gasteiger partial charge in [-0.25, -0.2) is 23.4 Å². The van der Waals surface area contributed by atoms with Gasteiger partial charge < -0.3 is 10.2 Å². The standard InChI is InChI=1S/C27H26F2N6O2/c1-26(2)17-9-10-27(26,24-16(17)11-21(32-33-24)23-18(28)5-3-6-19(23)29)22-8-4-7-20(31-22)25-30-14-35(34-25)12-15(37)13-36/h3-8,11,14-15,17,36-37H,9-10,12-13H2,1-2H3/t15-,17-,27-/m0/s1. The van der Waals surface area contributed by atoms with Gasteiger partial charge in [-0.3, -0.25) is 0 Å². The third-order valence-corrected chi connectivity index (χ3v) is 8.16. The number of hydrogen-bond acceptors (Lipinski definition) is 7. The average Bonchev–Trinajstić information content (AvgIpc) is 3.51. The minimum Gasteiger partial charge on any atom is -0.394 e. The molecule has 10 heteroatoms. The molecule has 190 valence electrons. The summed E-state index contributed by atoms with van der Waals surface area (Å²) in [4.78, 5) is 9.31. The number of aliphatic hydroxyl groups excluding tert-OH is 2. The van der Waals surface area contributed by atoms with E-state index in [1.807, 2.05) is 18.2 Å². The summed E-state index contributed by atoms with van der Waals surface area (Å²) in [6, 6.07) is 11.3. The van der Waals surface area contributed by atoms with Crippen LogP contribution in [0, 0.1) is 17.0 Å². The van der Waals surface area contributed by atoms with Crippen molar-refractivity contribution in [1.82, 2.24) is 29.9 Å². The van der Waals surface area contributed by atoms with Crippen LogP contribution in [0.5, 0.6) is 0 Å². The lowest BCUT2D eigenvalue weighted by Crippen LogP contribution is -2.37. The first-order valence-electron chi connectivity index (χ1n) is 12.2. The van der Waals surface area contributed by atoms with Crippen molar-refractivity contribution in [2.45, 2.75) is 50.7 Å². The Morgan fingerprint density at radius 2 is 1.84 bits per heavy atom. The second-order valence-electron chi connectivity index (χ2n) is 10.4. The van der Waals surface area contributed by atoms with Crippen LogP contribution in [0.4, 0.5) is 8.78 Å². The van der Waals surface area contributed by atoms with Crippen LogP contribution in [-0.2, 0) is 12.0 Å². The summed E-state index contributed by atoms with van der Waals surface area (Å²) in [6.45, 7) is 4.13. The van der Waals surface area contributed by atoms with Gasteiger partial charge >= 0.3 is 0 Å². The highest BCUT2D eigenvalue weighted by Gasteiger charge is 2.65. The molecule has 4 aromatic rings. The summed E-state index contributed by atoms with van der Waals surface area (Å²) in [5.41, 5.74) is 2.38. The predicted octanol–water partition coefficient (Wildman–Crippen LogP) is 3.63. The molecule has 2 aliphatic carbocycles. The van der Waals surface area contributed by atoms with Gasteiger partial charge in [0, 0.05) is 0 Å². The van der Waals surface area contributed by atoms with Crippen LogP contribution in [0.2, 0.25) is 0 Å². The zero-order chi connectivity index (χ0) is 25.9. The minimum absolute atomic E-state index is 0.121. The van der Waals surface area contributed by atoms with E-state index < -0.39 is 23.2 Å². The maximum Gasteiger partial charge on any atom is 0.199 e. The Balaban J connectivity index is 1.43. The summed E-state index contributed by atoms with van der Waals surface area (Å²) in [7, 11) is 0. The van der Waals surface area contributed by atoms with Gasteiger partial charge in [0.1, 0.15) is 23.7 Å². The number of hydrogen-bond donors (Lipinski definition) is 2. The Bertz CT molecular complexity index is 1490. The van der Waals surface area contributed by atoms with Gasteiger partial charge in [0.2, 0.25) is 0 Å². The molecule has 2 bridgehead atoms. The third kappa shape index (κ3) is 3.42. The number of nitrogens with zero attached hydrogens (tertiary/aromatic N) is 6. The summed E-state index contributed by atoms with van der Waals surface area (Å²) in [5.74, 6) is -0.793. The summed E-state index contributed by atoms with van der Waals surface area (Å²) < 4.78 is 30.5. The number of halogens is 2. The van der Waals surface area contributed by atoms with E-state index in [4.69, 9.17) is 10.1 Å². The SMILES string of the molecule is CC1(C)[C@H]2CC[C@]1(c1cccc(-c3ncn(C[C@H](O)CO)n3)n1)c1nnc(-c3c(F)cccc3F)cc12. The molecule has 3 aromatic heterocycles. The van der Waals surface area contributed by atoms with Gasteiger partial charge in [-0.1, -0.05) is 26.0 Å². The maximum absolute atomic E-state index is 14.5. The molecule has 3 atom stereocenters. The summed E-state index contributed by atoms with van der Waals surface area (Å²) in [6.07, 6.45) is 2.28.